The second-order valence-corrected chi connectivity index (χ2v) is 6.70. The lowest BCUT2D eigenvalue weighted by Crippen LogP contribution is -2.48. The van der Waals surface area contributed by atoms with Crippen LogP contribution in [0, 0.1) is 11.8 Å². The monoisotopic (exact) mass is 325 g/mol. The van der Waals surface area contributed by atoms with Crippen molar-refractivity contribution in [3.05, 3.63) is 0 Å². The molecule has 2 heterocycles. The van der Waals surface area contributed by atoms with Gasteiger partial charge in [0.25, 0.3) is 0 Å². The minimum Gasteiger partial charge on any atom is -0.481 e. The number of carbonyl (C=O) groups is 3. The summed E-state index contributed by atoms with van der Waals surface area (Å²) in [6, 6.07) is 0.0984. The second-order valence-electron chi connectivity index (χ2n) is 6.70. The zero-order chi connectivity index (χ0) is 17.0. The molecule has 1 unspecified atom stereocenters. The maximum absolute atomic E-state index is 12.4. The Morgan fingerprint density at radius 2 is 1.61 bits per heavy atom. The molecule has 0 spiro atoms. The molecule has 0 aliphatic carbocycles. The molecule has 130 valence electrons. The standard InChI is InChI=1S/C16H27N3O4/c1-12(15(21)22)11-17(2)14(20)13-5-9-19(10-6-13)16(23)18-7-3-4-8-18/h12-13H,3-11H2,1-2H3,(H,21,22). The van der Waals surface area contributed by atoms with E-state index >= 15 is 0 Å². The summed E-state index contributed by atoms with van der Waals surface area (Å²) in [5, 5.41) is 8.94. The van der Waals surface area contributed by atoms with E-state index < -0.39 is 11.9 Å². The highest BCUT2D eigenvalue weighted by atomic mass is 16.4. The van der Waals surface area contributed by atoms with E-state index in [9.17, 15) is 14.4 Å². The SMILES string of the molecule is CC(CN(C)C(=O)C1CCN(C(=O)N2CCCC2)CC1)C(=O)O. The van der Waals surface area contributed by atoms with Gasteiger partial charge in [-0.3, -0.25) is 9.59 Å². The third kappa shape index (κ3) is 4.36. The summed E-state index contributed by atoms with van der Waals surface area (Å²) < 4.78 is 0. The number of aliphatic carboxylic acids is 1. The molecule has 0 bridgehead atoms. The summed E-state index contributed by atoms with van der Waals surface area (Å²) in [6.07, 6.45) is 3.47. The molecule has 0 aromatic carbocycles. The van der Waals surface area contributed by atoms with Crippen LogP contribution in [0.25, 0.3) is 0 Å². The highest BCUT2D eigenvalue weighted by Gasteiger charge is 2.32. The van der Waals surface area contributed by atoms with Crippen molar-refractivity contribution in [2.24, 2.45) is 11.8 Å². The highest BCUT2D eigenvalue weighted by Crippen LogP contribution is 2.22. The average molecular weight is 325 g/mol. The van der Waals surface area contributed by atoms with Crippen molar-refractivity contribution in [2.45, 2.75) is 32.6 Å². The van der Waals surface area contributed by atoms with E-state index in [2.05, 4.69) is 0 Å². The fourth-order valence-electron chi connectivity index (χ4n) is 3.32. The first-order valence-electron chi connectivity index (χ1n) is 8.41. The summed E-state index contributed by atoms with van der Waals surface area (Å²) in [6.45, 7) is 4.72. The van der Waals surface area contributed by atoms with Crippen LogP contribution in [0.15, 0.2) is 0 Å². The van der Waals surface area contributed by atoms with Crippen molar-refractivity contribution >= 4 is 17.9 Å². The molecule has 2 rings (SSSR count). The smallest absolute Gasteiger partial charge is 0.319 e. The average Bonchev–Trinajstić information content (AvgIpc) is 3.07. The molecule has 2 aliphatic rings. The molecule has 7 heteroatoms. The molecule has 3 amide bonds. The molecule has 23 heavy (non-hydrogen) atoms. The van der Waals surface area contributed by atoms with Gasteiger partial charge in [0.05, 0.1) is 5.92 Å². The predicted molar refractivity (Wildman–Crippen MR) is 84.9 cm³/mol. The highest BCUT2D eigenvalue weighted by molar-refractivity contribution is 5.80. The van der Waals surface area contributed by atoms with Gasteiger partial charge >= 0.3 is 12.0 Å². The van der Waals surface area contributed by atoms with Gasteiger partial charge in [-0.2, -0.15) is 0 Å². The van der Waals surface area contributed by atoms with Crippen molar-refractivity contribution in [3.8, 4) is 0 Å². The Kier molecular flexibility index (Phi) is 5.85. The van der Waals surface area contributed by atoms with E-state index in [1.54, 1.807) is 14.0 Å². The molecule has 1 atom stereocenters. The first kappa shape index (κ1) is 17.6. The molecule has 0 radical (unpaired) electrons. The summed E-state index contributed by atoms with van der Waals surface area (Å²) >= 11 is 0. The summed E-state index contributed by atoms with van der Waals surface area (Å²) in [7, 11) is 1.66. The van der Waals surface area contributed by atoms with Crippen molar-refractivity contribution in [2.75, 3.05) is 39.8 Å². The Balaban J connectivity index is 1.80. The van der Waals surface area contributed by atoms with Gasteiger partial charge in [0.2, 0.25) is 5.91 Å². The molecule has 2 fully saturated rings. The van der Waals surface area contributed by atoms with Crippen LogP contribution in [0.2, 0.25) is 0 Å². The largest absolute Gasteiger partial charge is 0.481 e. The number of nitrogens with zero attached hydrogens (tertiary/aromatic N) is 3. The number of urea groups is 1. The Morgan fingerprint density at radius 1 is 1.09 bits per heavy atom. The third-order valence-electron chi connectivity index (χ3n) is 4.84. The summed E-state index contributed by atoms with van der Waals surface area (Å²) in [5.41, 5.74) is 0. The van der Waals surface area contributed by atoms with E-state index in [0.717, 1.165) is 25.9 Å². The number of carboxylic acid groups (broad SMARTS) is 1. The number of piperidine rings is 1. The van der Waals surface area contributed by atoms with E-state index in [1.165, 1.54) is 4.90 Å². The van der Waals surface area contributed by atoms with E-state index in [1.807, 2.05) is 9.80 Å². The number of rotatable bonds is 4. The lowest BCUT2D eigenvalue weighted by molar-refractivity contribution is -0.143. The zero-order valence-corrected chi connectivity index (χ0v) is 14.0. The fourth-order valence-corrected chi connectivity index (χ4v) is 3.32. The number of likely N-dealkylation sites (tertiary alicyclic amines) is 2. The first-order chi connectivity index (χ1) is 10.9. The molecule has 0 aromatic rings. The number of hydrogen-bond donors (Lipinski definition) is 1. The molecule has 2 aliphatic heterocycles. The fraction of sp³-hybridized carbons (Fsp3) is 0.812. The lowest BCUT2D eigenvalue weighted by atomic mass is 9.95. The zero-order valence-electron chi connectivity index (χ0n) is 14.0. The van der Waals surface area contributed by atoms with Crippen LogP contribution in [0.1, 0.15) is 32.6 Å². The van der Waals surface area contributed by atoms with Crippen LogP contribution < -0.4 is 0 Å². The number of hydrogen-bond acceptors (Lipinski definition) is 3. The van der Waals surface area contributed by atoms with Gasteiger partial charge in [0.1, 0.15) is 0 Å². The van der Waals surface area contributed by atoms with Crippen molar-refractivity contribution < 1.29 is 19.5 Å². The van der Waals surface area contributed by atoms with E-state index in [-0.39, 0.29) is 24.4 Å². The molecular formula is C16H27N3O4. The minimum absolute atomic E-state index is 0.00799. The Bertz CT molecular complexity index is 454. The molecule has 0 saturated carbocycles. The third-order valence-corrected chi connectivity index (χ3v) is 4.84. The van der Waals surface area contributed by atoms with Crippen molar-refractivity contribution in [3.63, 3.8) is 0 Å². The van der Waals surface area contributed by atoms with Crippen LogP contribution >= 0.6 is 0 Å². The molecular weight excluding hydrogens is 298 g/mol. The van der Waals surface area contributed by atoms with Crippen molar-refractivity contribution in [1.82, 2.24) is 14.7 Å². The topological polar surface area (TPSA) is 81.2 Å². The summed E-state index contributed by atoms with van der Waals surface area (Å²) in [5.74, 6) is -1.58. The molecule has 0 aromatic heterocycles. The van der Waals surface area contributed by atoms with Crippen LogP contribution in [-0.2, 0) is 9.59 Å². The number of carbonyl (C=O) groups excluding carboxylic acids is 2. The van der Waals surface area contributed by atoms with Gasteiger partial charge in [-0.25, -0.2) is 4.79 Å². The molecule has 7 nitrogen and oxygen atoms in total. The maximum Gasteiger partial charge on any atom is 0.319 e. The van der Waals surface area contributed by atoms with Gasteiger partial charge in [-0.1, -0.05) is 6.92 Å². The summed E-state index contributed by atoms with van der Waals surface area (Å²) in [4.78, 5) is 40.9. The van der Waals surface area contributed by atoms with Crippen LogP contribution in [0.3, 0.4) is 0 Å². The van der Waals surface area contributed by atoms with Gasteiger partial charge < -0.3 is 19.8 Å². The van der Waals surface area contributed by atoms with E-state index in [0.29, 0.717) is 25.9 Å². The second kappa shape index (κ2) is 7.66. The molecule has 1 N–H and O–H groups in total. The van der Waals surface area contributed by atoms with Gasteiger partial charge in [-0.05, 0) is 25.7 Å². The molecule has 2 saturated heterocycles. The normalized spacial score (nSPS) is 20.4. The van der Waals surface area contributed by atoms with E-state index in [4.69, 9.17) is 5.11 Å². The van der Waals surface area contributed by atoms with Gasteiger partial charge in [0, 0.05) is 45.7 Å². The van der Waals surface area contributed by atoms with Crippen LogP contribution in [0.5, 0.6) is 0 Å². The number of amides is 3. The van der Waals surface area contributed by atoms with Crippen LogP contribution in [-0.4, -0.2) is 77.5 Å². The maximum atomic E-state index is 12.4. The Labute approximate surface area is 137 Å². The predicted octanol–water partition coefficient (Wildman–Crippen LogP) is 1.09. The van der Waals surface area contributed by atoms with Gasteiger partial charge in [0.15, 0.2) is 0 Å². The first-order valence-corrected chi connectivity index (χ1v) is 8.41. The van der Waals surface area contributed by atoms with Crippen LogP contribution in [0.4, 0.5) is 4.79 Å². The van der Waals surface area contributed by atoms with Gasteiger partial charge in [-0.15, -0.1) is 0 Å². The van der Waals surface area contributed by atoms with Crippen molar-refractivity contribution in [1.29, 1.82) is 0 Å². The Morgan fingerprint density at radius 3 is 2.13 bits per heavy atom. The quantitative estimate of drug-likeness (QED) is 0.839. The lowest BCUT2D eigenvalue weighted by Gasteiger charge is -2.35. The number of carboxylic acids is 1. The Hall–Kier alpha value is -1.79. The minimum atomic E-state index is -0.893.